The van der Waals surface area contributed by atoms with Gasteiger partial charge in [-0.2, -0.15) is 0 Å². The second kappa shape index (κ2) is 3.57. The molecule has 0 aliphatic heterocycles. The molecule has 1 N–H and O–H groups in total. The molecule has 0 saturated carbocycles. The SMILES string of the molecule is O=CNc1nc2c(ccc3ccccc32)s1. The molecule has 4 heteroatoms. The number of amides is 1. The number of carbonyl (C=O) groups is 1. The smallest absolute Gasteiger partial charge is 0.213 e. The summed E-state index contributed by atoms with van der Waals surface area (Å²) in [7, 11) is 0. The van der Waals surface area contributed by atoms with Gasteiger partial charge in [-0.05, 0) is 11.5 Å². The number of hydrogen-bond donors (Lipinski definition) is 1. The van der Waals surface area contributed by atoms with E-state index in [0.29, 0.717) is 11.5 Å². The van der Waals surface area contributed by atoms with Gasteiger partial charge in [0.25, 0.3) is 0 Å². The Hall–Kier alpha value is -1.94. The lowest BCUT2D eigenvalue weighted by Gasteiger charge is -1.96. The summed E-state index contributed by atoms with van der Waals surface area (Å²) in [5, 5.41) is 5.51. The molecule has 16 heavy (non-hydrogen) atoms. The Balaban J connectivity index is 2.36. The number of nitrogens with zero attached hydrogens (tertiary/aromatic N) is 1. The summed E-state index contributed by atoms with van der Waals surface area (Å²) in [5.74, 6) is 0. The van der Waals surface area contributed by atoms with Crippen LogP contribution < -0.4 is 5.32 Å². The number of thiazole rings is 1. The number of nitrogens with one attached hydrogen (secondary N) is 1. The first kappa shape index (κ1) is 9.30. The molecule has 1 heterocycles. The van der Waals surface area contributed by atoms with Crippen molar-refractivity contribution in [3.8, 4) is 0 Å². The summed E-state index contributed by atoms with van der Waals surface area (Å²) in [5.41, 5.74) is 0.951. The zero-order valence-electron chi connectivity index (χ0n) is 8.31. The van der Waals surface area contributed by atoms with Gasteiger partial charge in [-0.3, -0.25) is 4.79 Å². The van der Waals surface area contributed by atoms with Crippen molar-refractivity contribution < 1.29 is 4.79 Å². The van der Waals surface area contributed by atoms with Gasteiger partial charge in [0.15, 0.2) is 5.13 Å². The number of carbonyl (C=O) groups excluding carboxylic acids is 1. The van der Waals surface area contributed by atoms with Gasteiger partial charge in [-0.25, -0.2) is 4.98 Å². The molecule has 0 unspecified atom stereocenters. The van der Waals surface area contributed by atoms with Crippen LogP contribution in [0.15, 0.2) is 36.4 Å². The van der Waals surface area contributed by atoms with Crippen molar-refractivity contribution in [2.24, 2.45) is 0 Å². The lowest BCUT2D eigenvalue weighted by Crippen LogP contribution is -1.91. The number of aromatic nitrogens is 1. The lowest BCUT2D eigenvalue weighted by atomic mass is 10.1. The van der Waals surface area contributed by atoms with Crippen LogP contribution in [0.3, 0.4) is 0 Å². The maximum atomic E-state index is 10.4. The van der Waals surface area contributed by atoms with Gasteiger partial charge in [0.2, 0.25) is 6.41 Å². The van der Waals surface area contributed by atoms with E-state index in [-0.39, 0.29) is 0 Å². The molecule has 78 valence electrons. The van der Waals surface area contributed by atoms with Gasteiger partial charge in [-0.15, -0.1) is 0 Å². The summed E-state index contributed by atoms with van der Waals surface area (Å²) in [6.45, 7) is 0. The van der Waals surface area contributed by atoms with E-state index in [4.69, 9.17) is 0 Å². The number of rotatable bonds is 2. The molecular formula is C12H8N2OS. The van der Waals surface area contributed by atoms with Gasteiger partial charge in [0.05, 0.1) is 10.2 Å². The van der Waals surface area contributed by atoms with Crippen molar-refractivity contribution in [1.29, 1.82) is 0 Å². The molecule has 0 radical (unpaired) electrons. The number of anilines is 1. The topological polar surface area (TPSA) is 42.0 Å². The van der Waals surface area contributed by atoms with E-state index in [0.717, 1.165) is 21.0 Å². The molecule has 0 bridgehead atoms. The van der Waals surface area contributed by atoms with E-state index in [1.54, 1.807) is 0 Å². The fourth-order valence-electron chi connectivity index (χ4n) is 1.77. The highest BCUT2D eigenvalue weighted by Crippen LogP contribution is 2.31. The third kappa shape index (κ3) is 1.35. The number of benzene rings is 2. The Bertz CT molecular complexity index is 675. The molecule has 0 aliphatic carbocycles. The molecule has 0 aliphatic rings. The van der Waals surface area contributed by atoms with Crippen LogP contribution >= 0.6 is 11.3 Å². The second-order valence-corrected chi connectivity index (χ2v) is 4.45. The monoisotopic (exact) mass is 228 g/mol. The number of hydrogen-bond acceptors (Lipinski definition) is 3. The molecule has 3 nitrogen and oxygen atoms in total. The quantitative estimate of drug-likeness (QED) is 0.685. The molecular weight excluding hydrogens is 220 g/mol. The van der Waals surface area contributed by atoms with E-state index >= 15 is 0 Å². The summed E-state index contributed by atoms with van der Waals surface area (Å²) >= 11 is 1.48. The summed E-state index contributed by atoms with van der Waals surface area (Å²) in [4.78, 5) is 14.8. The minimum atomic E-state index is 0.640. The molecule has 1 amide bonds. The van der Waals surface area contributed by atoms with E-state index in [9.17, 15) is 4.79 Å². The third-order valence-electron chi connectivity index (χ3n) is 2.47. The molecule has 0 spiro atoms. The van der Waals surface area contributed by atoms with Gasteiger partial charge in [0, 0.05) is 5.39 Å². The molecule has 0 fully saturated rings. The first-order valence-electron chi connectivity index (χ1n) is 4.87. The Kier molecular flexibility index (Phi) is 2.08. The predicted molar refractivity (Wildman–Crippen MR) is 66.8 cm³/mol. The van der Waals surface area contributed by atoms with Crippen molar-refractivity contribution in [1.82, 2.24) is 4.98 Å². The van der Waals surface area contributed by atoms with Crippen molar-refractivity contribution >= 4 is 43.9 Å². The molecule has 1 aromatic heterocycles. The van der Waals surface area contributed by atoms with Crippen LogP contribution in [0.2, 0.25) is 0 Å². The van der Waals surface area contributed by atoms with E-state index in [2.05, 4.69) is 22.4 Å². The Morgan fingerprint density at radius 2 is 2.06 bits per heavy atom. The summed E-state index contributed by atoms with van der Waals surface area (Å²) < 4.78 is 1.09. The van der Waals surface area contributed by atoms with Crippen LogP contribution in [-0.2, 0) is 4.79 Å². The van der Waals surface area contributed by atoms with Crippen LogP contribution in [0.25, 0.3) is 21.0 Å². The average molecular weight is 228 g/mol. The van der Waals surface area contributed by atoms with Crippen LogP contribution in [0.1, 0.15) is 0 Å². The first-order valence-corrected chi connectivity index (χ1v) is 5.68. The largest absolute Gasteiger partial charge is 0.305 e. The highest BCUT2D eigenvalue weighted by Gasteiger charge is 2.06. The zero-order chi connectivity index (χ0) is 11.0. The molecule has 3 aromatic rings. The van der Waals surface area contributed by atoms with E-state index < -0.39 is 0 Å². The maximum Gasteiger partial charge on any atom is 0.213 e. The van der Waals surface area contributed by atoms with Crippen LogP contribution in [0.5, 0.6) is 0 Å². The lowest BCUT2D eigenvalue weighted by molar-refractivity contribution is -0.105. The van der Waals surface area contributed by atoms with Gasteiger partial charge < -0.3 is 5.32 Å². The molecule has 2 aromatic carbocycles. The van der Waals surface area contributed by atoms with E-state index in [1.807, 2.05) is 24.3 Å². The minimum Gasteiger partial charge on any atom is -0.305 e. The second-order valence-electron chi connectivity index (χ2n) is 3.41. The predicted octanol–water partition coefficient (Wildman–Crippen LogP) is 3.02. The van der Waals surface area contributed by atoms with Crippen molar-refractivity contribution in [2.75, 3.05) is 5.32 Å². The van der Waals surface area contributed by atoms with Crippen molar-refractivity contribution in [2.45, 2.75) is 0 Å². The van der Waals surface area contributed by atoms with Crippen LogP contribution in [-0.4, -0.2) is 11.4 Å². The highest BCUT2D eigenvalue weighted by molar-refractivity contribution is 7.22. The van der Waals surface area contributed by atoms with Crippen LogP contribution in [0.4, 0.5) is 5.13 Å². The van der Waals surface area contributed by atoms with E-state index in [1.165, 1.54) is 11.3 Å². The van der Waals surface area contributed by atoms with Gasteiger partial charge in [-0.1, -0.05) is 41.7 Å². The van der Waals surface area contributed by atoms with Crippen LogP contribution in [0, 0.1) is 0 Å². The average Bonchev–Trinajstić information content (AvgIpc) is 2.72. The molecule has 3 rings (SSSR count). The Labute approximate surface area is 95.7 Å². The summed E-state index contributed by atoms with van der Waals surface area (Å²) in [6, 6.07) is 12.2. The standard InChI is InChI=1S/C12H8N2OS/c15-7-13-12-14-11-9-4-2-1-3-8(9)5-6-10(11)16-12/h1-7H,(H,13,14,15). The van der Waals surface area contributed by atoms with Gasteiger partial charge in [0.1, 0.15) is 0 Å². The molecule has 0 saturated heterocycles. The van der Waals surface area contributed by atoms with Gasteiger partial charge >= 0.3 is 0 Å². The minimum absolute atomic E-state index is 0.640. The van der Waals surface area contributed by atoms with Crippen molar-refractivity contribution in [3.05, 3.63) is 36.4 Å². The Morgan fingerprint density at radius 1 is 1.19 bits per heavy atom. The Morgan fingerprint density at radius 3 is 2.94 bits per heavy atom. The number of fused-ring (bicyclic) bond motifs is 3. The zero-order valence-corrected chi connectivity index (χ0v) is 9.12. The fourth-order valence-corrected chi connectivity index (χ4v) is 2.61. The maximum absolute atomic E-state index is 10.4. The van der Waals surface area contributed by atoms with Crippen molar-refractivity contribution in [3.63, 3.8) is 0 Å². The highest BCUT2D eigenvalue weighted by atomic mass is 32.1. The third-order valence-corrected chi connectivity index (χ3v) is 3.42. The molecule has 0 atom stereocenters. The summed E-state index contributed by atoms with van der Waals surface area (Å²) in [6.07, 6.45) is 0.653. The normalized spacial score (nSPS) is 10.8. The fraction of sp³-hybridized carbons (Fsp3) is 0. The first-order chi connectivity index (χ1) is 7.88.